The van der Waals surface area contributed by atoms with Crippen LogP contribution in [0, 0.1) is 0 Å². The fourth-order valence-corrected chi connectivity index (χ4v) is 1.79. The number of hydrogen-bond donors (Lipinski definition) is 1. The maximum absolute atomic E-state index is 5.90. The smallest absolute Gasteiger partial charge is 0.120 e. The minimum atomic E-state index is -0.0617. The first-order chi connectivity index (χ1) is 6.68. The van der Waals surface area contributed by atoms with Crippen molar-refractivity contribution in [2.45, 2.75) is 18.9 Å². The molecule has 1 saturated heterocycles. The van der Waals surface area contributed by atoms with Gasteiger partial charge in [-0.2, -0.15) is 0 Å². The van der Waals surface area contributed by atoms with Gasteiger partial charge in [0.25, 0.3) is 0 Å². The van der Waals surface area contributed by atoms with Crippen molar-refractivity contribution < 1.29 is 4.74 Å². The van der Waals surface area contributed by atoms with E-state index < -0.39 is 0 Å². The van der Waals surface area contributed by atoms with Gasteiger partial charge in [0, 0.05) is 18.0 Å². The third-order valence-electron chi connectivity index (χ3n) is 2.51. The Hall–Kier alpha value is -0.730. The Kier molecular flexibility index (Phi) is 2.66. The number of ether oxygens (including phenoxy) is 1. The molecule has 1 N–H and O–H groups in total. The standard InChI is InChI=1S/C11H14ClNO/c1-11(6-7-13-8-11)14-10-4-2-9(12)3-5-10/h2-5,13H,6-8H2,1H3. The number of benzene rings is 1. The highest BCUT2D eigenvalue weighted by Crippen LogP contribution is 2.24. The monoisotopic (exact) mass is 211 g/mol. The first-order valence-corrected chi connectivity index (χ1v) is 5.21. The molecule has 1 aliphatic heterocycles. The molecule has 76 valence electrons. The lowest BCUT2D eigenvalue weighted by molar-refractivity contribution is 0.111. The van der Waals surface area contributed by atoms with Crippen LogP contribution in [0.5, 0.6) is 5.75 Å². The van der Waals surface area contributed by atoms with Gasteiger partial charge in [0.2, 0.25) is 0 Å². The van der Waals surface area contributed by atoms with Crippen molar-refractivity contribution >= 4 is 11.6 Å². The average molecular weight is 212 g/mol. The summed E-state index contributed by atoms with van der Waals surface area (Å²) in [5.74, 6) is 0.889. The van der Waals surface area contributed by atoms with Crippen molar-refractivity contribution in [1.82, 2.24) is 5.32 Å². The number of halogens is 1. The molecule has 14 heavy (non-hydrogen) atoms. The van der Waals surface area contributed by atoms with E-state index in [0.717, 1.165) is 30.3 Å². The summed E-state index contributed by atoms with van der Waals surface area (Å²) in [5.41, 5.74) is -0.0617. The Morgan fingerprint density at radius 1 is 1.36 bits per heavy atom. The fourth-order valence-electron chi connectivity index (χ4n) is 1.67. The van der Waals surface area contributed by atoms with Gasteiger partial charge in [-0.25, -0.2) is 0 Å². The van der Waals surface area contributed by atoms with Gasteiger partial charge in [0.15, 0.2) is 0 Å². The normalized spacial score (nSPS) is 26.4. The molecule has 0 saturated carbocycles. The molecule has 1 fully saturated rings. The maximum Gasteiger partial charge on any atom is 0.120 e. The van der Waals surface area contributed by atoms with Gasteiger partial charge in [-0.3, -0.25) is 0 Å². The van der Waals surface area contributed by atoms with Crippen molar-refractivity contribution in [1.29, 1.82) is 0 Å². The van der Waals surface area contributed by atoms with Gasteiger partial charge in [-0.1, -0.05) is 11.6 Å². The predicted molar refractivity (Wildman–Crippen MR) is 58.0 cm³/mol. The van der Waals surface area contributed by atoms with Crippen molar-refractivity contribution in [3.05, 3.63) is 29.3 Å². The van der Waals surface area contributed by atoms with Gasteiger partial charge in [0.05, 0.1) is 0 Å². The van der Waals surface area contributed by atoms with Crippen LogP contribution in [0.4, 0.5) is 0 Å². The lowest BCUT2D eigenvalue weighted by atomic mass is 10.1. The summed E-state index contributed by atoms with van der Waals surface area (Å²) in [6.07, 6.45) is 1.05. The molecule has 0 bridgehead atoms. The molecule has 1 atom stereocenters. The van der Waals surface area contributed by atoms with E-state index in [0.29, 0.717) is 0 Å². The molecule has 1 aromatic carbocycles. The summed E-state index contributed by atoms with van der Waals surface area (Å²) in [5, 5.41) is 4.04. The number of nitrogens with one attached hydrogen (secondary N) is 1. The third-order valence-corrected chi connectivity index (χ3v) is 2.76. The van der Waals surface area contributed by atoms with E-state index in [1.165, 1.54) is 0 Å². The lowest BCUT2D eigenvalue weighted by Crippen LogP contribution is -2.34. The third kappa shape index (κ3) is 2.20. The molecule has 1 aromatic rings. The second-order valence-electron chi connectivity index (χ2n) is 3.93. The van der Waals surface area contributed by atoms with Crippen LogP contribution < -0.4 is 10.1 Å². The summed E-state index contributed by atoms with van der Waals surface area (Å²) in [4.78, 5) is 0. The van der Waals surface area contributed by atoms with E-state index >= 15 is 0 Å². The highest BCUT2D eigenvalue weighted by Gasteiger charge is 2.30. The van der Waals surface area contributed by atoms with E-state index in [1.807, 2.05) is 24.3 Å². The van der Waals surface area contributed by atoms with Crippen molar-refractivity contribution in [3.8, 4) is 5.75 Å². The number of rotatable bonds is 2. The second-order valence-corrected chi connectivity index (χ2v) is 4.37. The van der Waals surface area contributed by atoms with Gasteiger partial charge in [0.1, 0.15) is 11.4 Å². The molecular formula is C11H14ClNO. The van der Waals surface area contributed by atoms with E-state index in [4.69, 9.17) is 16.3 Å². The van der Waals surface area contributed by atoms with E-state index in [2.05, 4.69) is 12.2 Å². The van der Waals surface area contributed by atoms with Crippen LogP contribution in [0.2, 0.25) is 5.02 Å². The minimum Gasteiger partial charge on any atom is -0.486 e. The van der Waals surface area contributed by atoms with Crippen LogP contribution >= 0.6 is 11.6 Å². The molecule has 0 aromatic heterocycles. The van der Waals surface area contributed by atoms with Gasteiger partial charge >= 0.3 is 0 Å². The Bertz CT molecular complexity index is 304. The quantitative estimate of drug-likeness (QED) is 0.812. The van der Waals surface area contributed by atoms with Crippen LogP contribution in [0.15, 0.2) is 24.3 Å². The molecule has 2 nitrogen and oxygen atoms in total. The van der Waals surface area contributed by atoms with Crippen molar-refractivity contribution in [3.63, 3.8) is 0 Å². The SMILES string of the molecule is CC1(Oc2ccc(Cl)cc2)CCNC1. The van der Waals surface area contributed by atoms with Crippen LogP contribution in [0.25, 0.3) is 0 Å². The predicted octanol–water partition coefficient (Wildman–Crippen LogP) is 2.47. The van der Waals surface area contributed by atoms with Crippen LogP contribution in [-0.4, -0.2) is 18.7 Å². The Labute approximate surface area is 89.2 Å². The summed E-state index contributed by atoms with van der Waals surface area (Å²) < 4.78 is 5.90. The van der Waals surface area contributed by atoms with Crippen LogP contribution in [0.3, 0.4) is 0 Å². The molecule has 0 radical (unpaired) electrons. The molecule has 2 rings (SSSR count). The Morgan fingerprint density at radius 2 is 2.07 bits per heavy atom. The lowest BCUT2D eigenvalue weighted by Gasteiger charge is -2.24. The van der Waals surface area contributed by atoms with Crippen LogP contribution in [-0.2, 0) is 0 Å². The first kappa shape index (κ1) is 9.81. The molecule has 0 amide bonds. The first-order valence-electron chi connectivity index (χ1n) is 4.83. The van der Waals surface area contributed by atoms with Crippen molar-refractivity contribution in [2.75, 3.05) is 13.1 Å². The minimum absolute atomic E-state index is 0.0617. The van der Waals surface area contributed by atoms with Gasteiger partial charge in [-0.05, 0) is 37.7 Å². The fraction of sp³-hybridized carbons (Fsp3) is 0.455. The van der Waals surface area contributed by atoms with E-state index in [9.17, 15) is 0 Å². The van der Waals surface area contributed by atoms with Crippen LogP contribution in [0.1, 0.15) is 13.3 Å². The molecule has 0 aliphatic carbocycles. The van der Waals surface area contributed by atoms with E-state index in [-0.39, 0.29) is 5.60 Å². The summed E-state index contributed by atoms with van der Waals surface area (Å²) in [6.45, 7) is 4.07. The molecular weight excluding hydrogens is 198 g/mol. The Morgan fingerprint density at radius 3 is 2.64 bits per heavy atom. The zero-order valence-electron chi connectivity index (χ0n) is 8.22. The zero-order chi connectivity index (χ0) is 10.0. The zero-order valence-corrected chi connectivity index (χ0v) is 8.97. The average Bonchev–Trinajstić information content (AvgIpc) is 2.57. The largest absolute Gasteiger partial charge is 0.486 e. The topological polar surface area (TPSA) is 21.3 Å². The van der Waals surface area contributed by atoms with Crippen molar-refractivity contribution in [2.24, 2.45) is 0 Å². The second kappa shape index (κ2) is 3.79. The highest BCUT2D eigenvalue weighted by atomic mass is 35.5. The summed E-state index contributed by atoms with van der Waals surface area (Å²) >= 11 is 5.80. The Balaban J connectivity index is 2.06. The molecule has 1 heterocycles. The van der Waals surface area contributed by atoms with Gasteiger partial charge < -0.3 is 10.1 Å². The number of hydrogen-bond acceptors (Lipinski definition) is 2. The summed E-state index contributed by atoms with van der Waals surface area (Å²) in [6, 6.07) is 7.52. The molecule has 1 aliphatic rings. The molecule has 3 heteroatoms. The maximum atomic E-state index is 5.90. The van der Waals surface area contributed by atoms with Gasteiger partial charge in [-0.15, -0.1) is 0 Å². The van der Waals surface area contributed by atoms with E-state index in [1.54, 1.807) is 0 Å². The molecule has 1 unspecified atom stereocenters. The molecule has 0 spiro atoms. The highest BCUT2D eigenvalue weighted by molar-refractivity contribution is 6.30. The summed E-state index contributed by atoms with van der Waals surface area (Å²) in [7, 11) is 0.